The van der Waals surface area contributed by atoms with E-state index < -0.39 is 6.23 Å². The number of allylic oxidation sites excluding steroid dienone is 1. The first kappa shape index (κ1) is 11.7. The summed E-state index contributed by atoms with van der Waals surface area (Å²) in [5.74, 6) is 0.575. The monoisotopic (exact) mass is 199 g/mol. The third-order valence-corrected chi connectivity index (χ3v) is 3.06. The molecular weight excluding hydrogens is 178 g/mol. The van der Waals surface area contributed by atoms with E-state index in [9.17, 15) is 5.11 Å². The van der Waals surface area contributed by atoms with Crippen LogP contribution in [0.15, 0.2) is 11.6 Å². The quantitative estimate of drug-likeness (QED) is 0.353. The molecule has 1 aliphatic rings. The molecule has 1 rings (SSSR count). The molecule has 6 N–H and O–H groups in total. The Labute approximate surface area is 85.4 Å². The van der Waals surface area contributed by atoms with Gasteiger partial charge in [0, 0.05) is 18.5 Å². The lowest BCUT2D eigenvalue weighted by atomic mass is 9.81. The number of nitrogens with two attached hydrogens (primary N) is 2. The predicted molar refractivity (Wildman–Crippen MR) is 57.5 cm³/mol. The number of nitrogens with one attached hydrogen (secondary N) is 1. The SMILES string of the molecule is C/C=C(/C(N)O)C1CNCC(C)C1N. The summed E-state index contributed by atoms with van der Waals surface area (Å²) in [5.41, 5.74) is 12.4. The van der Waals surface area contributed by atoms with Gasteiger partial charge in [0.05, 0.1) is 0 Å². The lowest BCUT2D eigenvalue weighted by Gasteiger charge is -2.36. The van der Waals surface area contributed by atoms with Crippen LogP contribution in [0.4, 0.5) is 0 Å². The maximum Gasteiger partial charge on any atom is 0.124 e. The van der Waals surface area contributed by atoms with Gasteiger partial charge in [0.1, 0.15) is 6.23 Å². The van der Waals surface area contributed by atoms with Gasteiger partial charge in [-0.25, -0.2) is 0 Å². The first-order chi connectivity index (χ1) is 6.57. The number of piperidine rings is 1. The van der Waals surface area contributed by atoms with E-state index in [2.05, 4.69) is 12.2 Å². The van der Waals surface area contributed by atoms with Gasteiger partial charge in [0.15, 0.2) is 0 Å². The molecule has 1 heterocycles. The number of aliphatic hydroxyl groups is 1. The van der Waals surface area contributed by atoms with Gasteiger partial charge in [0.25, 0.3) is 0 Å². The summed E-state index contributed by atoms with van der Waals surface area (Å²) in [4.78, 5) is 0. The van der Waals surface area contributed by atoms with Crippen molar-refractivity contribution in [2.75, 3.05) is 13.1 Å². The molecule has 0 aromatic carbocycles. The molecule has 0 radical (unpaired) electrons. The molecule has 14 heavy (non-hydrogen) atoms. The van der Waals surface area contributed by atoms with E-state index in [0.29, 0.717) is 5.92 Å². The molecule has 4 nitrogen and oxygen atoms in total. The topological polar surface area (TPSA) is 84.3 Å². The Morgan fingerprint density at radius 1 is 1.57 bits per heavy atom. The molecule has 1 saturated heterocycles. The summed E-state index contributed by atoms with van der Waals surface area (Å²) in [6.45, 7) is 5.74. The minimum Gasteiger partial charge on any atom is -0.375 e. The highest BCUT2D eigenvalue weighted by Crippen LogP contribution is 2.23. The minimum absolute atomic E-state index is 0.0839. The maximum atomic E-state index is 9.39. The minimum atomic E-state index is -0.886. The number of hydrogen-bond donors (Lipinski definition) is 4. The highest BCUT2D eigenvalue weighted by Gasteiger charge is 2.31. The Morgan fingerprint density at radius 3 is 2.71 bits per heavy atom. The van der Waals surface area contributed by atoms with Gasteiger partial charge in [0.2, 0.25) is 0 Å². The van der Waals surface area contributed by atoms with Crippen molar-refractivity contribution in [1.82, 2.24) is 5.32 Å². The highest BCUT2D eigenvalue weighted by molar-refractivity contribution is 5.14. The van der Waals surface area contributed by atoms with Crippen LogP contribution in [0.1, 0.15) is 13.8 Å². The molecule has 1 aliphatic heterocycles. The molecule has 82 valence electrons. The van der Waals surface area contributed by atoms with Gasteiger partial charge >= 0.3 is 0 Å². The second-order valence-corrected chi connectivity index (χ2v) is 4.05. The molecule has 0 aliphatic carbocycles. The second kappa shape index (κ2) is 4.89. The Balaban J connectivity index is 2.74. The van der Waals surface area contributed by atoms with Crippen LogP contribution in [0.5, 0.6) is 0 Å². The molecule has 4 heteroatoms. The fourth-order valence-corrected chi connectivity index (χ4v) is 2.08. The molecule has 0 spiro atoms. The second-order valence-electron chi connectivity index (χ2n) is 4.05. The lowest BCUT2D eigenvalue weighted by Crippen LogP contribution is -2.52. The Morgan fingerprint density at radius 2 is 2.21 bits per heavy atom. The van der Waals surface area contributed by atoms with Crippen molar-refractivity contribution in [2.24, 2.45) is 23.3 Å². The average molecular weight is 199 g/mol. The van der Waals surface area contributed by atoms with Crippen LogP contribution in [0.3, 0.4) is 0 Å². The third-order valence-electron chi connectivity index (χ3n) is 3.06. The number of hydrogen-bond acceptors (Lipinski definition) is 4. The molecule has 0 bridgehead atoms. The van der Waals surface area contributed by atoms with Crippen LogP contribution < -0.4 is 16.8 Å². The fourth-order valence-electron chi connectivity index (χ4n) is 2.08. The summed E-state index contributed by atoms with van der Waals surface area (Å²) in [7, 11) is 0. The zero-order chi connectivity index (χ0) is 10.7. The standard InChI is InChI=1S/C10H21N3O/c1-3-7(10(12)14)8-5-13-4-6(2)9(8)11/h3,6,8-10,13-14H,4-5,11-12H2,1-2H3/b7-3+. The summed E-state index contributed by atoms with van der Waals surface area (Å²) in [6, 6.07) is 0.0839. The molecule has 1 fully saturated rings. The molecule has 4 atom stereocenters. The summed E-state index contributed by atoms with van der Waals surface area (Å²) in [5, 5.41) is 12.7. The van der Waals surface area contributed by atoms with Crippen LogP contribution in [0.25, 0.3) is 0 Å². The fraction of sp³-hybridized carbons (Fsp3) is 0.800. The summed E-state index contributed by atoms with van der Waals surface area (Å²) >= 11 is 0. The van der Waals surface area contributed by atoms with E-state index in [1.807, 2.05) is 13.0 Å². The van der Waals surface area contributed by atoms with E-state index in [4.69, 9.17) is 11.5 Å². The average Bonchev–Trinajstić information content (AvgIpc) is 2.13. The summed E-state index contributed by atoms with van der Waals surface area (Å²) in [6.07, 6.45) is 0.984. The van der Waals surface area contributed by atoms with E-state index >= 15 is 0 Å². The molecular formula is C10H21N3O. The van der Waals surface area contributed by atoms with Crippen molar-refractivity contribution in [3.8, 4) is 0 Å². The highest BCUT2D eigenvalue weighted by atomic mass is 16.3. The van der Waals surface area contributed by atoms with Gasteiger partial charge < -0.3 is 21.9 Å². The molecule has 0 amide bonds. The molecule has 0 aromatic rings. The zero-order valence-electron chi connectivity index (χ0n) is 8.90. The van der Waals surface area contributed by atoms with Gasteiger partial charge in [-0.1, -0.05) is 13.0 Å². The van der Waals surface area contributed by atoms with Crippen LogP contribution in [-0.2, 0) is 0 Å². The van der Waals surface area contributed by atoms with Crippen molar-refractivity contribution in [2.45, 2.75) is 26.1 Å². The summed E-state index contributed by atoms with van der Waals surface area (Å²) < 4.78 is 0. The van der Waals surface area contributed by atoms with Crippen LogP contribution in [-0.4, -0.2) is 30.5 Å². The maximum absolute atomic E-state index is 9.39. The van der Waals surface area contributed by atoms with E-state index in [1.165, 1.54) is 0 Å². The molecule has 0 saturated carbocycles. The normalized spacial score (nSPS) is 36.9. The van der Waals surface area contributed by atoms with E-state index in [1.54, 1.807) is 0 Å². The van der Waals surface area contributed by atoms with Gasteiger partial charge in [-0.2, -0.15) is 0 Å². The van der Waals surface area contributed by atoms with Crippen molar-refractivity contribution in [1.29, 1.82) is 0 Å². The number of rotatable bonds is 2. The third kappa shape index (κ3) is 2.33. The Hall–Kier alpha value is -0.420. The van der Waals surface area contributed by atoms with E-state index in [-0.39, 0.29) is 12.0 Å². The van der Waals surface area contributed by atoms with Gasteiger partial charge in [-0.15, -0.1) is 0 Å². The van der Waals surface area contributed by atoms with Gasteiger partial charge in [-0.05, 0) is 25.0 Å². The van der Waals surface area contributed by atoms with Crippen molar-refractivity contribution in [3.63, 3.8) is 0 Å². The van der Waals surface area contributed by atoms with Crippen molar-refractivity contribution >= 4 is 0 Å². The Kier molecular flexibility index (Phi) is 4.07. The predicted octanol–water partition coefficient (Wildman–Crippen LogP) is -0.607. The number of aliphatic hydroxyl groups excluding tert-OH is 1. The first-order valence-electron chi connectivity index (χ1n) is 5.14. The van der Waals surface area contributed by atoms with Crippen LogP contribution in [0.2, 0.25) is 0 Å². The van der Waals surface area contributed by atoms with Crippen LogP contribution in [0, 0.1) is 11.8 Å². The zero-order valence-corrected chi connectivity index (χ0v) is 8.90. The van der Waals surface area contributed by atoms with Crippen molar-refractivity contribution < 1.29 is 5.11 Å². The van der Waals surface area contributed by atoms with Crippen molar-refractivity contribution in [3.05, 3.63) is 11.6 Å². The smallest absolute Gasteiger partial charge is 0.124 e. The van der Waals surface area contributed by atoms with Crippen LogP contribution >= 0.6 is 0 Å². The molecule has 0 aromatic heterocycles. The molecule has 4 unspecified atom stereocenters. The first-order valence-corrected chi connectivity index (χ1v) is 5.14. The largest absolute Gasteiger partial charge is 0.375 e. The lowest BCUT2D eigenvalue weighted by molar-refractivity contribution is 0.181. The van der Waals surface area contributed by atoms with Gasteiger partial charge in [-0.3, -0.25) is 0 Å². The van der Waals surface area contributed by atoms with E-state index in [0.717, 1.165) is 18.7 Å². The Bertz CT molecular complexity index is 215.